The SMILES string of the molecule is CCOC(=O)c1cnn(Cc2ccc(N3CC4(CC4)C3)nc2Br)c1. The lowest BCUT2D eigenvalue weighted by atomic mass is 9.97. The molecule has 3 heterocycles. The maximum absolute atomic E-state index is 11.7. The monoisotopic (exact) mass is 390 g/mol. The Morgan fingerprint density at radius 2 is 2.17 bits per heavy atom. The summed E-state index contributed by atoms with van der Waals surface area (Å²) in [5.74, 6) is 0.680. The zero-order valence-corrected chi connectivity index (χ0v) is 15.1. The fourth-order valence-corrected chi connectivity index (χ4v) is 3.55. The number of halogens is 1. The molecule has 0 unspecified atom stereocenters. The summed E-state index contributed by atoms with van der Waals surface area (Å²) in [6, 6.07) is 4.13. The molecule has 0 bridgehead atoms. The molecule has 2 fully saturated rings. The topological polar surface area (TPSA) is 60.2 Å². The molecule has 0 atom stereocenters. The molecular formula is C17H19BrN4O2. The maximum atomic E-state index is 11.7. The number of carbonyl (C=O) groups is 1. The molecule has 2 aromatic heterocycles. The van der Waals surface area contributed by atoms with Gasteiger partial charge in [-0.05, 0) is 41.8 Å². The first kappa shape index (κ1) is 15.6. The number of ether oxygens (including phenoxy) is 1. The second-order valence-electron chi connectivity index (χ2n) is 6.62. The number of rotatable bonds is 5. The van der Waals surface area contributed by atoms with Gasteiger partial charge in [0, 0.05) is 30.3 Å². The molecule has 126 valence electrons. The van der Waals surface area contributed by atoms with E-state index in [1.807, 2.05) is 0 Å². The summed E-state index contributed by atoms with van der Waals surface area (Å²) in [5.41, 5.74) is 2.11. The molecule has 2 aliphatic rings. The smallest absolute Gasteiger partial charge is 0.341 e. The summed E-state index contributed by atoms with van der Waals surface area (Å²) in [5, 5.41) is 4.22. The Morgan fingerprint density at radius 1 is 1.38 bits per heavy atom. The lowest BCUT2D eigenvalue weighted by Gasteiger charge is -2.41. The van der Waals surface area contributed by atoms with Gasteiger partial charge in [-0.3, -0.25) is 4.68 Å². The summed E-state index contributed by atoms with van der Waals surface area (Å²) < 4.78 is 7.52. The minimum atomic E-state index is -0.344. The summed E-state index contributed by atoms with van der Waals surface area (Å²) in [4.78, 5) is 18.7. The molecule has 1 aliphatic carbocycles. The highest BCUT2D eigenvalue weighted by Gasteiger charge is 2.52. The molecule has 0 aromatic carbocycles. The van der Waals surface area contributed by atoms with Gasteiger partial charge in [-0.25, -0.2) is 9.78 Å². The van der Waals surface area contributed by atoms with Crippen molar-refractivity contribution < 1.29 is 9.53 Å². The predicted molar refractivity (Wildman–Crippen MR) is 93.1 cm³/mol. The van der Waals surface area contributed by atoms with Crippen LogP contribution in [0.15, 0.2) is 29.1 Å². The van der Waals surface area contributed by atoms with Crippen LogP contribution >= 0.6 is 15.9 Å². The van der Waals surface area contributed by atoms with Crippen molar-refractivity contribution in [3.63, 3.8) is 0 Å². The number of esters is 1. The van der Waals surface area contributed by atoms with Crippen LogP contribution in [0.1, 0.15) is 35.7 Å². The fourth-order valence-electron chi connectivity index (χ4n) is 3.11. The van der Waals surface area contributed by atoms with Crippen LogP contribution in [0, 0.1) is 5.41 Å². The van der Waals surface area contributed by atoms with Gasteiger partial charge < -0.3 is 9.64 Å². The average Bonchev–Trinajstić information content (AvgIpc) is 3.20. The Balaban J connectivity index is 1.44. The van der Waals surface area contributed by atoms with Gasteiger partial charge >= 0.3 is 5.97 Å². The van der Waals surface area contributed by atoms with Crippen molar-refractivity contribution in [3.8, 4) is 0 Å². The second kappa shape index (κ2) is 5.88. The normalized spacial score (nSPS) is 17.7. The van der Waals surface area contributed by atoms with Crippen LogP contribution in [-0.2, 0) is 11.3 Å². The predicted octanol–water partition coefficient (Wildman–Crippen LogP) is 2.87. The third kappa shape index (κ3) is 2.92. The van der Waals surface area contributed by atoms with E-state index in [9.17, 15) is 4.79 Å². The van der Waals surface area contributed by atoms with Crippen molar-refractivity contribution in [1.29, 1.82) is 0 Å². The number of aromatic nitrogens is 3. The Morgan fingerprint density at radius 3 is 2.83 bits per heavy atom. The number of pyridine rings is 1. The van der Waals surface area contributed by atoms with Gasteiger partial charge in [0.15, 0.2) is 0 Å². The van der Waals surface area contributed by atoms with Gasteiger partial charge in [-0.2, -0.15) is 5.10 Å². The molecule has 1 aliphatic heterocycles. The van der Waals surface area contributed by atoms with E-state index >= 15 is 0 Å². The second-order valence-corrected chi connectivity index (χ2v) is 7.37. The number of anilines is 1. The van der Waals surface area contributed by atoms with Gasteiger partial charge in [0.1, 0.15) is 10.4 Å². The van der Waals surface area contributed by atoms with E-state index in [-0.39, 0.29) is 5.97 Å². The molecule has 0 N–H and O–H groups in total. The van der Waals surface area contributed by atoms with Crippen molar-refractivity contribution >= 4 is 27.7 Å². The fraction of sp³-hybridized carbons (Fsp3) is 0.471. The lowest BCUT2D eigenvalue weighted by Crippen LogP contribution is -2.48. The van der Waals surface area contributed by atoms with E-state index < -0.39 is 0 Å². The van der Waals surface area contributed by atoms with Gasteiger partial charge in [-0.1, -0.05) is 6.07 Å². The first-order valence-corrected chi connectivity index (χ1v) is 8.98. The van der Waals surface area contributed by atoms with Crippen molar-refractivity contribution in [3.05, 3.63) is 40.3 Å². The van der Waals surface area contributed by atoms with Crippen LogP contribution in [-0.4, -0.2) is 40.4 Å². The third-order valence-electron chi connectivity index (χ3n) is 4.72. The number of hydrogen-bond donors (Lipinski definition) is 0. The number of hydrogen-bond acceptors (Lipinski definition) is 5. The van der Waals surface area contributed by atoms with E-state index in [4.69, 9.17) is 4.74 Å². The largest absolute Gasteiger partial charge is 0.462 e. The van der Waals surface area contributed by atoms with E-state index in [1.54, 1.807) is 17.8 Å². The van der Waals surface area contributed by atoms with Crippen LogP contribution in [0.4, 0.5) is 5.82 Å². The third-order valence-corrected chi connectivity index (χ3v) is 5.41. The molecule has 0 radical (unpaired) electrons. The quantitative estimate of drug-likeness (QED) is 0.580. The van der Waals surface area contributed by atoms with Crippen LogP contribution < -0.4 is 4.90 Å². The molecule has 1 spiro atoms. The van der Waals surface area contributed by atoms with Gasteiger partial charge in [0.05, 0.1) is 24.9 Å². The minimum Gasteiger partial charge on any atom is -0.462 e. The van der Waals surface area contributed by atoms with E-state index in [1.165, 1.54) is 19.0 Å². The van der Waals surface area contributed by atoms with Gasteiger partial charge in [-0.15, -0.1) is 0 Å². The van der Waals surface area contributed by atoms with E-state index in [0.717, 1.165) is 29.1 Å². The summed E-state index contributed by atoms with van der Waals surface area (Å²) in [7, 11) is 0. The van der Waals surface area contributed by atoms with E-state index in [0.29, 0.717) is 24.1 Å². The zero-order valence-electron chi connectivity index (χ0n) is 13.5. The summed E-state index contributed by atoms with van der Waals surface area (Å²) in [6.45, 7) is 4.97. The Kier molecular flexibility index (Phi) is 3.83. The maximum Gasteiger partial charge on any atom is 0.341 e. The highest BCUT2D eigenvalue weighted by molar-refractivity contribution is 9.10. The highest BCUT2D eigenvalue weighted by Crippen LogP contribution is 2.53. The van der Waals surface area contributed by atoms with Crippen LogP contribution in [0.25, 0.3) is 0 Å². The molecule has 0 amide bonds. The van der Waals surface area contributed by atoms with Gasteiger partial charge in [0.25, 0.3) is 0 Å². The lowest BCUT2D eigenvalue weighted by molar-refractivity contribution is 0.0526. The number of carbonyl (C=O) groups excluding carboxylic acids is 1. The molecule has 7 heteroatoms. The molecule has 1 saturated heterocycles. The standard InChI is InChI=1S/C17H19BrN4O2/c1-2-24-16(23)13-7-19-22(9-13)8-12-3-4-14(20-15(12)18)21-10-17(11-21)5-6-17/h3-4,7,9H,2,5-6,8,10-11H2,1H3. The molecule has 4 rings (SSSR count). The molecule has 1 saturated carbocycles. The van der Waals surface area contributed by atoms with Crippen molar-refractivity contribution in [1.82, 2.24) is 14.8 Å². The van der Waals surface area contributed by atoms with Gasteiger partial charge in [0.2, 0.25) is 0 Å². The molecule has 24 heavy (non-hydrogen) atoms. The van der Waals surface area contributed by atoms with Crippen molar-refractivity contribution in [2.75, 3.05) is 24.6 Å². The number of nitrogens with zero attached hydrogens (tertiary/aromatic N) is 4. The molecule has 2 aromatic rings. The molecule has 6 nitrogen and oxygen atoms in total. The van der Waals surface area contributed by atoms with Crippen LogP contribution in [0.5, 0.6) is 0 Å². The van der Waals surface area contributed by atoms with E-state index in [2.05, 4.69) is 43.0 Å². The van der Waals surface area contributed by atoms with Crippen LogP contribution in [0.3, 0.4) is 0 Å². The van der Waals surface area contributed by atoms with Crippen molar-refractivity contribution in [2.24, 2.45) is 5.41 Å². The Labute approximate surface area is 148 Å². The van der Waals surface area contributed by atoms with Crippen LogP contribution in [0.2, 0.25) is 0 Å². The highest BCUT2D eigenvalue weighted by atomic mass is 79.9. The molecular weight excluding hydrogens is 372 g/mol. The van der Waals surface area contributed by atoms with Crippen molar-refractivity contribution in [2.45, 2.75) is 26.3 Å². The summed E-state index contributed by atoms with van der Waals surface area (Å²) >= 11 is 3.56. The first-order chi connectivity index (χ1) is 11.6. The first-order valence-electron chi connectivity index (χ1n) is 8.18. The average molecular weight is 391 g/mol. The minimum absolute atomic E-state index is 0.344. The zero-order chi connectivity index (χ0) is 16.7. The Bertz CT molecular complexity index is 777. The Hall–Kier alpha value is -1.89. The summed E-state index contributed by atoms with van der Waals surface area (Å²) in [6.07, 6.45) is 5.96.